The molecule has 5 heteroatoms. The number of carbonyl (C=O) groups is 1. The van der Waals surface area contributed by atoms with Gasteiger partial charge in [0.1, 0.15) is 5.56 Å². The lowest BCUT2D eigenvalue weighted by atomic mass is 9.92. The van der Waals surface area contributed by atoms with Crippen LogP contribution in [0.1, 0.15) is 35.7 Å². The number of aryl methyl sites for hydroxylation is 1. The van der Waals surface area contributed by atoms with Crippen molar-refractivity contribution in [1.82, 2.24) is 9.88 Å². The van der Waals surface area contributed by atoms with Crippen LogP contribution in [0, 0.1) is 12.8 Å². The highest BCUT2D eigenvalue weighted by Crippen LogP contribution is 2.23. The largest absolute Gasteiger partial charge is 0.393 e. The van der Waals surface area contributed by atoms with Gasteiger partial charge in [-0.25, -0.2) is 0 Å². The Bertz CT molecular complexity index is 794. The van der Waals surface area contributed by atoms with Gasteiger partial charge in [0.15, 0.2) is 0 Å². The van der Waals surface area contributed by atoms with E-state index < -0.39 is 6.10 Å². The number of pyridine rings is 1. The molecule has 1 aromatic heterocycles. The number of aromatic nitrogens is 1. The van der Waals surface area contributed by atoms with E-state index in [1.54, 1.807) is 11.8 Å². The average Bonchev–Trinajstić information content (AvgIpc) is 2.55. The second-order valence-corrected chi connectivity index (χ2v) is 6.39. The Hall–Kier alpha value is -2.14. The van der Waals surface area contributed by atoms with Gasteiger partial charge in [-0.05, 0) is 38.3 Å². The van der Waals surface area contributed by atoms with E-state index in [1.807, 2.05) is 31.2 Å². The van der Waals surface area contributed by atoms with Gasteiger partial charge in [-0.1, -0.05) is 18.2 Å². The van der Waals surface area contributed by atoms with Crippen molar-refractivity contribution in [3.63, 3.8) is 0 Å². The number of fused-ring (bicyclic) bond motifs is 1. The van der Waals surface area contributed by atoms with E-state index in [1.165, 1.54) is 0 Å². The molecule has 122 valence electrons. The van der Waals surface area contributed by atoms with Gasteiger partial charge < -0.3 is 15.0 Å². The number of likely N-dealkylation sites (tertiary alicyclic amines) is 1. The van der Waals surface area contributed by atoms with Gasteiger partial charge in [0.2, 0.25) is 0 Å². The number of nitrogens with zero attached hydrogens (tertiary/aromatic N) is 1. The quantitative estimate of drug-likeness (QED) is 0.891. The molecular weight excluding hydrogens is 292 g/mol. The SMILES string of the molecule is Cc1c(C(=O)N2CCCC(C(C)O)C2)c(=O)[nH]c2ccccc12. The zero-order chi connectivity index (χ0) is 16.6. The number of H-pyrrole nitrogens is 1. The minimum Gasteiger partial charge on any atom is -0.393 e. The Morgan fingerprint density at radius 2 is 2.13 bits per heavy atom. The standard InChI is InChI=1S/C18H22N2O3/c1-11-14-7-3-4-8-15(14)19-17(22)16(11)18(23)20-9-5-6-13(10-20)12(2)21/h3-4,7-8,12-13,21H,5-6,9-10H2,1-2H3,(H,19,22). The number of piperidine rings is 1. The molecule has 2 aromatic rings. The predicted octanol–water partition coefficient (Wildman–Crippen LogP) is 2.07. The van der Waals surface area contributed by atoms with Crippen molar-refractivity contribution in [2.45, 2.75) is 32.8 Å². The summed E-state index contributed by atoms with van der Waals surface area (Å²) in [5, 5.41) is 10.7. The molecule has 0 aliphatic carbocycles. The first-order valence-electron chi connectivity index (χ1n) is 8.08. The van der Waals surface area contributed by atoms with Crippen molar-refractivity contribution in [2.75, 3.05) is 13.1 Å². The van der Waals surface area contributed by atoms with Crippen molar-refractivity contribution in [2.24, 2.45) is 5.92 Å². The summed E-state index contributed by atoms with van der Waals surface area (Å²) in [4.78, 5) is 29.8. The smallest absolute Gasteiger partial charge is 0.261 e. The fourth-order valence-corrected chi connectivity index (χ4v) is 3.41. The van der Waals surface area contributed by atoms with Crippen LogP contribution in [0.4, 0.5) is 0 Å². The number of benzene rings is 1. The molecule has 5 nitrogen and oxygen atoms in total. The molecule has 23 heavy (non-hydrogen) atoms. The van der Waals surface area contributed by atoms with Crippen LogP contribution in [0.5, 0.6) is 0 Å². The maximum atomic E-state index is 12.9. The zero-order valence-electron chi connectivity index (χ0n) is 13.5. The predicted molar refractivity (Wildman–Crippen MR) is 89.6 cm³/mol. The molecule has 2 unspecified atom stereocenters. The van der Waals surface area contributed by atoms with Crippen LogP contribution >= 0.6 is 0 Å². The molecule has 0 bridgehead atoms. The van der Waals surface area contributed by atoms with Gasteiger partial charge in [0.05, 0.1) is 6.10 Å². The molecule has 1 fully saturated rings. The molecule has 0 saturated carbocycles. The molecule has 1 aliphatic heterocycles. The minimum absolute atomic E-state index is 0.0764. The van der Waals surface area contributed by atoms with Crippen LogP contribution in [-0.2, 0) is 0 Å². The Balaban J connectivity index is 1.99. The van der Waals surface area contributed by atoms with Gasteiger partial charge in [0.25, 0.3) is 11.5 Å². The molecule has 1 saturated heterocycles. The lowest BCUT2D eigenvalue weighted by Crippen LogP contribution is -2.44. The van der Waals surface area contributed by atoms with Crippen LogP contribution in [0.2, 0.25) is 0 Å². The van der Waals surface area contributed by atoms with Gasteiger partial charge in [-0.3, -0.25) is 9.59 Å². The third-order valence-electron chi connectivity index (χ3n) is 4.82. The maximum Gasteiger partial charge on any atom is 0.261 e. The number of rotatable bonds is 2. The zero-order valence-corrected chi connectivity index (χ0v) is 13.5. The molecule has 1 aromatic carbocycles. The van der Waals surface area contributed by atoms with Crippen molar-refractivity contribution in [3.8, 4) is 0 Å². The molecule has 1 aliphatic rings. The van der Waals surface area contributed by atoms with E-state index in [0.717, 1.165) is 23.7 Å². The van der Waals surface area contributed by atoms with Crippen LogP contribution in [-0.4, -0.2) is 40.1 Å². The Kier molecular flexibility index (Phi) is 4.22. The first kappa shape index (κ1) is 15.7. The molecule has 0 radical (unpaired) electrons. The van der Waals surface area contributed by atoms with Crippen LogP contribution in [0.15, 0.2) is 29.1 Å². The number of hydrogen-bond acceptors (Lipinski definition) is 3. The topological polar surface area (TPSA) is 73.4 Å². The third kappa shape index (κ3) is 2.88. The molecular formula is C18H22N2O3. The normalized spacial score (nSPS) is 19.8. The number of hydrogen-bond donors (Lipinski definition) is 2. The van der Waals surface area contributed by atoms with Gasteiger partial charge in [-0.2, -0.15) is 0 Å². The first-order chi connectivity index (χ1) is 11.0. The Morgan fingerprint density at radius 3 is 2.87 bits per heavy atom. The lowest BCUT2D eigenvalue weighted by molar-refractivity contribution is 0.0464. The number of nitrogens with one attached hydrogen (secondary N) is 1. The first-order valence-corrected chi connectivity index (χ1v) is 8.08. The van der Waals surface area contributed by atoms with Crippen molar-refractivity contribution in [3.05, 3.63) is 45.7 Å². The summed E-state index contributed by atoms with van der Waals surface area (Å²) in [5.74, 6) is -0.160. The highest BCUT2D eigenvalue weighted by atomic mass is 16.3. The average molecular weight is 314 g/mol. The monoisotopic (exact) mass is 314 g/mol. The summed E-state index contributed by atoms with van der Waals surface area (Å²) in [7, 11) is 0. The summed E-state index contributed by atoms with van der Waals surface area (Å²) >= 11 is 0. The van der Waals surface area contributed by atoms with Crippen LogP contribution in [0.25, 0.3) is 10.9 Å². The maximum absolute atomic E-state index is 12.9. The lowest BCUT2D eigenvalue weighted by Gasteiger charge is -2.34. The van der Waals surface area contributed by atoms with Gasteiger partial charge >= 0.3 is 0 Å². The van der Waals surface area contributed by atoms with E-state index in [-0.39, 0.29) is 22.9 Å². The van der Waals surface area contributed by atoms with E-state index >= 15 is 0 Å². The van der Waals surface area contributed by atoms with Gasteiger partial charge in [-0.15, -0.1) is 0 Å². The highest BCUT2D eigenvalue weighted by Gasteiger charge is 2.29. The molecule has 1 amide bonds. The molecule has 2 N–H and O–H groups in total. The van der Waals surface area contributed by atoms with Crippen molar-refractivity contribution < 1.29 is 9.90 Å². The molecule has 2 heterocycles. The summed E-state index contributed by atoms with van der Waals surface area (Å²) in [5.41, 5.74) is 1.33. The van der Waals surface area contributed by atoms with Crippen LogP contribution < -0.4 is 5.56 Å². The Labute approximate surface area is 134 Å². The number of para-hydroxylation sites is 1. The number of aliphatic hydroxyl groups excluding tert-OH is 1. The van der Waals surface area contributed by atoms with Crippen molar-refractivity contribution in [1.29, 1.82) is 0 Å². The second-order valence-electron chi connectivity index (χ2n) is 6.39. The highest BCUT2D eigenvalue weighted by molar-refractivity contribution is 5.99. The van der Waals surface area contributed by atoms with Crippen molar-refractivity contribution >= 4 is 16.8 Å². The summed E-state index contributed by atoms with van der Waals surface area (Å²) < 4.78 is 0. The fraction of sp³-hybridized carbons (Fsp3) is 0.444. The van der Waals surface area contributed by atoms with Gasteiger partial charge in [0, 0.05) is 29.9 Å². The Morgan fingerprint density at radius 1 is 1.39 bits per heavy atom. The van der Waals surface area contributed by atoms with E-state index in [2.05, 4.69) is 4.98 Å². The number of carbonyl (C=O) groups excluding carboxylic acids is 1. The third-order valence-corrected chi connectivity index (χ3v) is 4.82. The van der Waals surface area contributed by atoms with E-state index in [0.29, 0.717) is 18.7 Å². The summed E-state index contributed by atoms with van der Waals surface area (Å²) in [6.45, 7) is 4.71. The number of aliphatic hydroxyl groups is 1. The van der Waals surface area contributed by atoms with Crippen LogP contribution in [0.3, 0.4) is 0 Å². The minimum atomic E-state index is -0.443. The molecule has 3 rings (SSSR count). The molecule has 0 spiro atoms. The summed E-state index contributed by atoms with van der Waals surface area (Å²) in [6.07, 6.45) is 1.32. The number of aromatic amines is 1. The summed E-state index contributed by atoms with van der Waals surface area (Å²) in [6, 6.07) is 7.50. The van der Waals surface area contributed by atoms with E-state index in [9.17, 15) is 14.7 Å². The molecule has 2 atom stereocenters. The van der Waals surface area contributed by atoms with E-state index in [4.69, 9.17) is 0 Å². The fourth-order valence-electron chi connectivity index (χ4n) is 3.41. The second kappa shape index (κ2) is 6.16. The number of amides is 1.